The van der Waals surface area contributed by atoms with Crippen LogP contribution < -0.4 is 15.2 Å². The summed E-state index contributed by atoms with van der Waals surface area (Å²) in [5.41, 5.74) is 7.46. The minimum atomic E-state index is -0.156. The van der Waals surface area contributed by atoms with Crippen LogP contribution >= 0.6 is 0 Å². The molecule has 1 heterocycles. The van der Waals surface area contributed by atoms with E-state index in [2.05, 4.69) is 24.1 Å². The average Bonchev–Trinajstić information content (AvgIpc) is 2.47. The molecule has 1 aliphatic carbocycles. The molecule has 1 saturated heterocycles. The molecule has 2 N–H and O–H groups in total. The first-order valence-electron chi connectivity index (χ1n) is 7.93. The largest absolute Gasteiger partial charge is 0.493 e. The third-order valence-corrected chi connectivity index (χ3v) is 4.94. The second-order valence-electron chi connectivity index (χ2n) is 6.50. The topological polar surface area (TPSA) is 47.7 Å². The summed E-state index contributed by atoms with van der Waals surface area (Å²) in [4.78, 5) is 2.34. The van der Waals surface area contributed by atoms with Crippen molar-refractivity contribution in [2.75, 3.05) is 27.2 Å². The third-order valence-electron chi connectivity index (χ3n) is 4.94. The van der Waals surface area contributed by atoms with E-state index in [0.717, 1.165) is 50.3 Å². The normalized spacial score (nSPS) is 22.6. The lowest BCUT2D eigenvalue weighted by Gasteiger charge is -2.39. The van der Waals surface area contributed by atoms with Crippen LogP contribution in [-0.4, -0.2) is 38.3 Å². The van der Waals surface area contributed by atoms with E-state index in [0.29, 0.717) is 0 Å². The maximum Gasteiger partial charge on any atom is 0.161 e. The van der Waals surface area contributed by atoms with Crippen LogP contribution in [0.3, 0.4) is 0 Å². The SMILES string of the molecule is COc1ccc(C2(N)CCC2)cc1OC1CCN(C)CC1. The van der Waals surface area contributed by atoms with Gasteiger partial charge in [0, 0.05) is 18.6 Å². The number of methoxy groups -OCH3 is 1. The highest BCUT2D eigenvalue weighted by molar-refractivity contribution is 5.45. The monoisotopic (exact) mass is 290 g/mol. The zero-order chi connectivity index (χ0) is 14.9. The zero-order valence-electron chi connectivity index (χ0n) is 13.1. The molecular weight excluding hydrogens is 264 g/mol. The van der Waals surface area contributed by atoms with E-state index in [1.807, 2.05) is 6.07 Å². The van der Waals surface area contributed by atoms with Crippen molar-refractivity contribution in [2.45, 2.75) is 43.7 Å². The van der Waals surface area contributed by atoms with Crippen molar-refractivity contribution in [1.29, 1.82) is 0 Å². The first kappa shape index (κ1) is 14.7. The fourth-order valence-corrected chi connectivity index (χ4v) is 3.21. The van der Waals surface area contributed by atoms with Crippen LogP contribution in [-0.2, 0) is 5.54 Å². The van der Waals surface area contributed by atoms with Gasteiger partial charge in [0.1, 0.15) is 6.10 Å². The Kier molecular flexibility index (Phi) is 4.09. The van der Waals surface area contributed by atoms with Gasteiger partial charge in [-0.25, -0.2) is 0 Å². The Morgan fingerprint density at radius 1 is 1.19 bits per heavy atom. The van der Waals surface area contributed by atoms with Gasteiger partial charge >= 0.3 is 0 Å². The van der Waals surface area contributed by atoms with Gasteiger partial charge in [0.2, 0.25) is 0 Å². The minimum absolute atomic E-state index is 0.156. The minimum Gasteiger partial charge on any atom is -0.493 e. The summed E-state index contributed by atoms with van der Waals surface area (Å²) >= 11 is 0. The Morgan fingerprint density at radius 3 is 2.48 bits per heavy atom. The van der Waals surface area contributed by atoms with E-state index >= 15 is 0 Å². The predicted molar refractivity (Wildman–Crippen MR) is 83.9 cm³/mol. The Balaban J connectivity index is 1.77. The number of nitrogens with zero attached hydrogens (tertiary/aromatic N) is 1. The van der Waals surface area contributed by atoms with Crippen molar-refractivity contribution in [3.8, 4) is 11.5 Å². The first-order valence-corrected chi connectivity index (χ1v) is 7.93. The number of ether oxygens (including phenoxy) is 2. The maximum atomic E-state index is 6.43. The molecule has 1 aliphatic heterocycles. The van der Waals surface area contributed by atoms with Gasteiger partial charge in [0.25, 0.3) is 0 Å². The molecule has 0 unspecified atom stereocenters. The van der Waals surface area contributed by atoms with Crippen molar-refractivity contribution >= 4 is 0 Å². The number of piperidine rings is 1. The number of benzene rings is 1. The molecule has 0 radical (unpaired) electrons. The van der Waals surface area contributed by atoms with Crippen LogP contribution in [0, 0.1) is 0 Å². The summed E-state index contributed by atoms with van der Waals surface area (Å²) in [7, 11) is 3.85. The Bertz CT molecular complexity index is 492. The van der Waals surface area contributed by atoms with Gasteiger partial charge in [0.05, 0.1) is 7.11 Å². The first-order chi connectivity index (χ1) is 10.1. The zero-order valence-corrected chi connectivity index (χ0v) is 13.1. The van der Waals surface area contributed by atoms with Gasteiger partial charge in [-0.3, -0.25) is 0 Å². The summed E-state index contributed by atoms with van der Waals surface area (Å²) in [5.74, 6) is 1.65. The quantitative estimate of drug-likeness (QED) is 0.925. The second-order valence-corrected chi connectivity index (χ2v) is 6.50. The van der Waals surface area contributed by atoms with Gasteiger partial charge in [0.15, 0.2) is 11.5 Å². The van der Waals surface area contributed by atoms with Crippen LogP contribution in [0.2, 0.25) is 0 Å². The third kappa shape index (κ3) is 3.01. The Hall–Kier alpha value is -1.26. The van der Waals surface area contributed by atoms with Crippen LogP contribution in [0.25, 0.3) is 0 Å². The molecule has 0 spiro atoms. The number of nitrogens with two attached hydrogens (primary N) is 1. The highest BCUT2D eigenvalue weighted by Gasteiger charge is 2.35. The molecule has 4 heteroatoms. The molecule has 4 nitrogen and oxygen atoms in total. The van der Waals surface area contributed by atoms with E-state index in [1.165, 1.54) is 12.0 Å². The van der Waals surface area contributed by atoms with E-state index in [-0.39, 0.29) is 11.6 Å². The molecule has 2 fully saturated rings. The summed E-state index contributed by atoms with van der Waals surface area (Å²) < 4.78 is 11.7. The fourth-order valence-electron chi connectivity index (χ4n) is 3.21. The van der Waals surface area contributed by atoms with Gasteiger partial charge in [-0.1, -0.05) is 6.07 Å². The molecule has 1 saturated carbocycles. The highest BCUT2D eigenvalue weighted by atomic mass is 16.5. The molecule has 0 aromatic heterocycles. The van der Waals surface area contributed by atoms with Crippen LogP contribution in [0.1, 0.15) is 37.7 Å². The summed E-state index contributed by atoms with van der Waals surface area (Å²) in [5, 5.41) is 0. The number of likely N-dealkylation sites (tertiary alicyclic amines) is 1. The molecular formula is C17H26N2O2. The summed E-state index contributed by atoms with van der Waals surface area (Å²) in [6, 6.07) is 6.17. The fraction of sp³-hybridized carbons (Fsp3) is 0.647. The maximum absolute atomic E-state index is 6.43. The Morgan fingerprint density at radius 2 is 1.90 bits per heavy atom. The smallest absolute Gasteiger partial charge is 0.161 e. The molecule has 0 amide bonds. The number of hydrogen-bond donors (Lipinski definition) is 1. The van der Waals surface area contributed by atoms with Crippen molar-refractivity contribution < 1.29 is 9.47 Å². The van der Waals surface area contributed by atoms with Crippen molar-refractivity contribution in [3.63, 3.8) is 0 Å². The molecule has 1 aromatic rings. The molecule has 21 heavy (non-hydrogen) atoms. The molecule has 0 atom stereocenters. The number of hydrogen-bond acceptors (Lipinski definition) is 4. The lowest BCUT2D eigenvalue weighted by Crippen LogP contribution is -2.43. The highest BCUT2D eigenvalue weighted by Crippen LogP contribution is 2.42. The van der Waals surface area contributed by atoms with Crippen LogP contribution in [0.5, 0.6) is 11.5 Å². The van der Waals surface area contributed by atoms with Gasteiger partial charge in [-0.15, -0.1) is 0 Å². The van der Waals surface area contributed by atoms with E-state index in [1.54, 1.807) is 7.11 Å². The standard InChI is InChI=1S/C17H26N2O2/c1-19-10-6-14(7-11-19)21-16-12-13(4-5-15(16)20-2)17(18)8-3-9-17/h4-5,12,14H,3,6-11,18H2,1-2H3. The second kappa shape index (κ2) is 5.85. The van der Waals surface area contributed by atoms with Gasteiger partial charge in [-0.2, -0.15) is 0 Å². The lowest BCUT2D eigenvalue weighted by molar-refractivity contribution is 0.110. The van der Waals surface area contributed by atoms with Gasteiger partial charge < -0.3 is 20.1 Å². The molecule has 0 bridgehead atoms. The van der Waals surface area contributed by atoms with E-state index in [4.69, 9.17) is 15.2 Å². The van der Waals surface area contributed by atoms with Crippen molar-refractivity contribution in [2.24, 2.45) is 5.73 Å². The van der Waals surface area contributed by atoms with Crippen molar-refractivity contribution in [3.05, 3.63) is 23.8 Å². The summed E-state index contributed by atoms with van der Waals surface area (Å²) in [6.07, 6.45) is 5.75. The van der Waals surface area contributed by atoms with Crippen LogP contribution in [0.4, 0.5) is 0 Å². The number of rotatable bonds is 4. The lowest BCUT2D eigenvalue weighted by atomic mass is 9.73. The molecule has 116 valence electrons. The van der Waals surface area contributed by atoms with Crippen LogP contribution in [0.15, 0.2) is 18.2 Å². The Labute approximate surface area is 127 Å². The van der Waals surface area contributed by atoms with E-state index in [9.17, 15) is 0 Å². The molecule has 2 aliphatic rings. The van der Waals surface area contributed by atoms with Crippen molar-refractivity contribution in [1.82, 2.24) is 4.90 Å². The van der Waals surface area contributed by atoms with E-state index < -0.39 is 0 Å². The average molecular weight is 290 g/mol. The van der Waals surface area contributed by atoms with Gasteiger partial charge in [-0.05, 0) is 56.8 Å². The molecule has 1 aromatic carbocycles. The molecule has 3 rings (SSSR count). The summed E-state index contributed by atoms with van der Waals surface area (Å²) in [6.45, 7) is 2.18. The predicted octanol–water partition coefficient (Wildman–Crippen LogP) is 2.51.